The van der Waals surface area contributed by atoms with Crippen LogP contribution in [0.15, 0.2) is 17.0 Å². The Hall–Kier alpha value is -0.0800. The zero-order valence-corrected chi connectivity index (χ0v) is 17.3. The van der Waals surface area contributed by atoms with Crippen molar-refractivity contribution in [2.45, 2.75) is 48.9 Å². The summed E-state index contributed by atoms with van der Waals surface area (Å²) in [5, 5.41) is -0.00227. The van der Waals surface area contributed by atoms with Crippen molar-refractivity contribution in [1.29, 1.82) is 0 Å². The van der Waals surface area contributed by atoms with Gasteiger partial charge in [0.1, 0.15) is 0 Å². The number of allylic oxidation sites excluding steroid dienone is 1. The molecule has 0 bridgehead atoms. The zero-order valence-electron chi connectivity index (χ0n) is 14.0. The van der Waals surface area contributed by atoms with E-state index in [4.69, 9.17) is 16.3 Å². The number of hydrogen-bond acceptors (Lipinski definition) is 4. The molecule has 0 N–H and O–H groups in total. The van der Waals surface area contributed by atoms with Crippen molar-refractivity contribution in [2.75, 3.05) is 0 Å². The lowest BCUT2D eigenvalue weighted by Gasteiger charge is -2.37. The average molecular weight is 446 g/mol. The van der Waals surface area contributed by atoms with E-state index in [1.54, 1.807) is 0 Å². The Morgan fingerprint density at radius 3 is 2.27 bits per heavy atom. The van der Waals surface area contributed by atoms with E-state index in [9.17, 15) is 22.0 Å². The van der Waals surface area contributed by atoms with E-state index >= 15 is 0 Å². The second-order valence-corrected chi connectivity index (χ2v) is 17.1. The van der Waals surface area contributed by atoms with Gasteiger partial charge in [0, 0.05) is 5.25 Å². The van der Waals surface area contributed by atoms with Crippen LogP contribution in [0.1, 0.15) is 33.1 Å². The van der Waals surface area contributed by atoms with Gasteiger partial charge in [0.05, 0.1) is 10.5 Å². The Kier molecular flexibility index (Phi) is 5.61. The minimum absolute atomic E-state index is 0.00227. The summed E-state index contributed by atoms with van der Waals surface area (Å²) in [7, 11) is 0. The molecule has 1 saturated carbocycles. The minimum atomic E-state index is -2.93. The third kappa shape index (κ3) is 3.50. The van der Waals surface area contributed by atoms with Gasteiger partial charge in [0.15, 0.2) is 27.9 Å². The lowest BCUT2D eigenvalue weighted by molar-refractivity contribution is 0.0696. The first-order valence-corrected chi connectivity index (χ1v) is 13.5. The van der Waals surface area contributed by atoms with Crippen molar-refractivity contribution in [3.63, 3.8) is 0 Å². The van der Waals surface area contributed by atoms with E-state index in [0.717, 1.165) is 18.4 Å². The number of halogens is 5. The third-order valence-corrected chi connectivity index (χ3v) is 13.7. The summed E-state index contributed by atoms with van der Waals surface area (Å²) in [6.07, 6.45) is 2.34. The zero-order chi connectivity index (χ0) is 19.4. The summed E-state index contributed by atoms with van der Waals surface area (Å²) in [5.41, 5.74) is 0.490. The molecule has 1 aromatic carbocycles. The monoisotopic (exact) mass is 446 g/mol. The fourth-order valence-corrected chi connectivity index (χ4v) is 14.2. The van der Waals surface area contributed by atoms with Gasteiger partial charge in [-0.1, -0.05) is 23.5 Å². The summed E-state index contributed by atoms with van der Waals surface area (Å²) in [6, 6.07) is 0. The second-order valence-electron chi connectivity index (χ2n) is 6.75. The Morgan fingerprint density at radius 2 is 1.73 bits per heavy atom. The number of hydrogen-bond donors (Lipinski definition) is 0. The number of benzene rings is 1. The molecule has 0 unspecified atom stereocenters. The van der Waals surface area contributed by atoms with Gasteiger partial charge in [-0.15, -0.1) is 0 Å². The van der Waals surface area contributed by atoms with E-state index in [1.165, 1.54) is 11.4 Å². The summed E-state index contributed by atoms with van der Waals surface area (Å²) in [4.78, 5) is -0.962. The molecule has 0 aromatic heterocycles. The molecule has 0 spiro atoms. The summed E-state index contributed by atoms with van der Waals surface area (Å²) < 4.78 is 71.3. The molecule has 0 amide bonds. The lowest BCUT2D eigenvalue weighted by Crippen LogP contribution is -2.40. The summed E-state index contributed by atoms with van der Waals surface area (Å²) >= 11 is 7.26. The molecular formula is C16H16F5OPS3. The molecular weight excluding hydrogens is 430 g/mol. The van der Waals surface area contributed by atoms with E-state index in [0.29, 0.717) is 23.7 Å². The van der Waals surface area contributed by atoms with Crippen LogP contribution in [0.5, 0.6) is 0 Å². The molecule has 144 valence electrons. The highest BCUT2D eigenvalue weighted by Gasteiger charge is 2.53. The maximum atomic E-state index is 14.0. The van der Waals surface area contributed by atoms with Gasteiger partial charge < -0.3 is 4.52 Å². The number of fused-ring (bicyclic) bond motifs is 1. The van der Waals surface area contributed by atoms with Gasteiger partial charge in [-0.25, -0.2) is 22.0 Å². The van der Waals surface area contributed by atoms with Gasteiger partial charge in [-0.2, -0.15) is 0 Å². The first-order chi connectivity index (χ1) is 12.0. The molecule has 26 heavy (non-hydrogen) atoms. The Morgan fingerprint density at radius 1 is 1.19 bits per heavy atom. The molecule has 1 aromatic rings. The van der Waals surface area contributed by atoms with Crippen LogP contribution in [0.3, 0.4) is 0 Å². The molecule has 1 aliphatic carbocycles. The summed E-state index contributed by atoms with van der Waals surface area (Å²) in [6.45, 7) is 7.83. The van der Waals surface area contributed by atoms with E-state index in [2.05, 4.69) is 6.58 Å². The van der Waals surface area contributed by atoms with Crippen LogP contribution >= 0.6 is 27.4 Å². The SMILES string of the molecule is C=C(C)[C@@H]1CC[C@]2(C)O[P@](=S)(Sc3c(F)c(F)c(F)c(F)c3F)S[C@H]2C1. The Balaban J connectivity index is 1.91. The van der Waals surface area contributed by atoms with Crippen molar-refractivity contribution in [3.05, 3.63) is 41.2 Å². The van der Waals surface area contributed by atoms with Crippen LogP contribution in [-0.4, -0.2) is 10.9 Å². The minimum Gasteiger partial charge on any atom is -0.326 e. The molecule has 0 radical (unpaired) electrons. The molecule has 2 fully saturated rings. The fourth-order valence-electron chi connectivity index (χ4n) is 3.20. The predicted molar refractivity (Wildman–Crippen MR) is 99.4 cm³/mol. The van der Waals surface area contributed by atoms with Crippen molar-refractivity contribution in [1.82, 2.24) is 0 Å². The predicted octanol–water partition coefficient (Wildman–Crippen LogP) is 6.97. The third-order valence-electron chi connectivity index (χ3n) is 4.82. The van der Waals surface area contributed by atoms with Crippen LogP contribution in [0, 0.1) is 35.0 Å². The second kappa shape index (κ2) is 7.07. The molecule has 1 nitrogen and oxygen atoms in total. The Labute approximate surface area is 161 Å². The first-order valence-electron chi connectivity index (χ1n) is 7.83. The molecule has 1 aliphatic heterocycles. The maximum absolute atomic E-state index is 14.0. The Bertz CT molecular complexity index is 804. The first kappa shape index (κ1) is 20.6. The van der Waals surface area contributed by atoms with Crippen molar-refractivity contribution >= 4 is 39.2 Å². The molecule has 4 atom stereocenters. The van der Waals surface area contributed by atoms with Gasteiger partial charge in [0.2, 0.25) is 5.82 Å². The van der Waals surface area contributed by atoms with Crippen LogP contribution in [0.2, 0.25) is 0 Å². The molecule has 2 aliphatic rings. The van der Waals surface area contributed by atoms with E-state index in [-0.39, 0.29) is 5.25 Å². The highest BCUT2D eigenvalue weighted by molar-refractivity contribution is 8.99. The number of rotatable bonds is 3. The topological polar surface area (TPSA) is 9.23 Å². The average Bonchev–Trinajstić information content (AvgIpc) is 2.84. The van der Waals surface area contributed by atoms with Crippen LogP contribution in [0.25, 0.3) is 0 Å². The fraction of sp³-hybridized carbons (Fsp3) is 0.500. The quantitative estimate of drug-likeness (QED) is 0.163. The standard InChI is InChI=1S/C16H16F5OPS3/c1-7(2)8-4-5-16(3)9(6-8)25-23(24,22-16)26-15-13(20)11(18)10(17)12(19)14(15)21/h8-9H,1,4-6H2,2-3H3/t8-,9+,16+,23-/m1/s1. The smallest absolute Gasteiger partial charge is 0.200 e. The van der Waals surface area contributed by atoms with Crippen molar-refractivity contribution < 1.29 is 26.5 Å². The highest BCUT2D eigenvalue weighted by atomic mass is 33.2. The molecule has 10 heteroatoms. The largest absolute Gasteiger partial charge is 0.326 e. The van der Waals surface area contributed by atoms with E-state index < -0.39 is 44.3 Å². The molecule has 1 saturated heterocycles. The van der Waals surface area contributed by atoms with Gasteiger partial charge in [0.25, 0.3) is 0 Å². The molecule has 1 heterocycles. The highest BCUT2D eigenvalue weighted by Crippen LogP contribution is 2.82. The maximum Gasteiger partial charge on any atom is 0.200 e. The summed E-state index contributed by atoms with van der Waals surface area (Å²) in [5.74, 6) is -9.53. The van der Waals surface area contributed by atoms with Crippen LogP contribution in [0.4, 0.5) is 22.0 Å². The molecule has 3 rings (SSSR count). The van der Waals surface area contributed by atoms with Gasteiger partial charge >= 0.3 is 0 Å². The lowest BCUT2D eigenvalue weighted by atomic mass is 9.77. The van der Waals surface area contributed by atoms with Crippen LogP contribution < -0.4 is 0 Å². The van der Waals surface area contributed by atoms with E-state index in [1.807, 2.05) is 13.8 Å². The van der Waals surface area contributed by atoms with Crippen LogP contribution in [-0.2, 0) is 16.3 Å². The van der Waals surface area contributed by atoms with Gasteiger partial charge in [-0.05, 0) is 62.2 Å². The van der Waals surface area contributed by atoms with Crippen molar-refractivity contribution in [2.24, 2.45) is 5.92 Å². The normalized spacial score (nSPS) is 34.0. The van der Waals surface area contributed by atoms with Gasteiger partial charge in [-0.3, -0.25) is 0 Å². The van der Waals surface area contributed by atoms with Crippen molar-refractivity contribution in [3.8, 4) is 0 Å².